The molecule has 6 unspecified atom stereocenters. The second kappa shape index (κ2) is 8.77. The fraction of sp³-hybridized carbons (Fsp3) is 1.00. The molecule has 0 aliphatic heterocycles. The number of alkyl halides is 6. The quantitative estimate of drug-likeness (QED) is 0.536. The molecule has 0 N–H and O–H groups in total. The van der Waals surface area contributed by atoms with Gasteiger partial charge in [-0.15, -0.1) is 69.6 Å². The Hall–Kier alpha value is 1.74. The molecule has 0 aromatic heterocycles. The molecule has 0 radical (unpaired) electrons. The summed E-state index contributed by atoms with van der Waals surface area (Å²) in [6.45, 7) is 3.66. The molecular formula is C10H16Cl6. The summed E-state index contributed by atoms with van der Waals surface area (Å²) in [7, 11) is 0. The Labute approximate surface area is 128 Å². The summed E-state index contributed by atoms with van der Waals surface area (Å²) < 4.78 is 0. The lowest BCUT2D eigenvalue weighted by atomic mass is 10.1. The molecule has 0 fully saturated rings. The smallest absolute Gasteiger partial charge is 0.0514 e. The Morgan fingerprint density at radius 3 is 1.00 bits per heavy atom. The van der Waals surface area contributed by atoms with Gasteiger partial charge in [0.1, 0.15) is 0 Å². The molecule has 0 aliphatic carbocycles. The molecule has 0 nitrogen and oxygen atoms in total. The zero-order chi connectivity index (χ0) is 12.9. The molecule has 0 aromatic rings. The van der Waals surface area contributed by atoms with Gasteiger partial charge in [0.25, 0.3) is 0 Å². The molecule has 6 atom stereocenters. The van der Waals surface area contributed by atoms with Crippen LogP contribution in [0.2, 0.25) is 0 Å². The van der Waals surface area contributed by atoms with Gasteiger partial charge in [0.15, 0.2) is 0 Å². The van der Waals surface area contributed by atoms with Crippen LogP contribution < -0.4 is 0 Å². The van der Waals surface area contributed by atoms with E-state index in [1.165, 1.54) is 0 Å². The maximum atomic E-state index is 6.14. The van der Waals surface area contributed by atoms with Crippen molar-refractivity contribution in [3.8, 4) is 0 Å². The van der Waals surface area contributed by atoms with Crippen LogP contribution in [0.4, 0.5) is 0 Å². The van der Waals surface area contributed by atoms with Crippen LogP contribution in [0.1, 0.15) is 26.7 Å². The van der Waals surface area contributed by atoms with E-state index in [4.69, 9.17) is 69.6 Å². The summed E-state index contributed by atoms with van der Waals surface area (Å²) >= 11 is 36.0. The molecule has 0 saturated carbocycles. The molecule has 98 valence electrons. The Morgan fingerprint density at radius 2 is 0.812 bits per heavy atom. The van der Waals surface area contributed by atoms with Crippen molar-refractivity contribution in [2.24, 2.45) is 0 Å². The predicted molar refractivity (Wildman–Crippen MR) is 78.4 cm³/mol. The van der Waals surface area contributed by atoms with Crippen LogP contribution in [0.5, 0.6) is 0 Å². The minimum Gasteiger partial charge on any atom is -0.122 e. The van der Waals surface area contributed by atoms with Gasteiger partial charge in [-0.25, -0.2) is 0 Å². The summed E-state index contributed by atoms with van der Waals surface area (Å²) in [4.78, 5) is 0. The van der Waals surface area contributed by atoms with Crippen molar-refractivity contribution in [1.29, 1.82) is 0 Å². The van der Waals surface area contributed by atoms with Crippen LogP contribution in [-0.2, 0) is 0 Å². The standard InChI is InChI=1S/C10H16Cl6/c1-5(11)7(13)3-9(15)10(16)4-8(14)6(2)12/h5-10H,3-4H2,1-2H3. The largest absolute Gasteiger partial charge is 0.122 e. The zero-order valence-corrected chi connectivity index (χ0v) is 13.7. The van der Waals surface area contributed by atoms with Crippen LogP contribution in [0.15, 0.2) is 0 Å². The first-order valence-corrected chi connectivity index (χ1v) is 7.72. The van der Waals surface area contributed by atoms with E-state index in [0.717, 1.165) is 0 Å². The van der Waals surface area contributed by atoms with Crippen LogP contribution in [0.25, 0.3) is 0 Å². The molecule has 0 heterocycles. The highest BCUT2D eigenvalue weighted by atomic mass is 35.5. The summed E-state index contributed by atoms with van der Waals surface area (Å²) in [5, 5.41) is -1.14. The minimum absolute atomic E-state index is 0.134. The third kappa shape index (κ3) is 7.24. The molecule has 0 rings (SSSR count). The number of rotatable bonds is 7. The van der Waals surface area contributed by atoms with Crippen molar-refractivity contribution in [3.05, 3.63) is 0 Å². The van der Waals surface area contributed by atoms with Gasteiger partial charge in [0, 0.05) is 10.8 Å². The van der Waals surface area contributed by atoms with E-state index in [0.29, 0.717) is 12.8 Å². The highest BCUT2D eigenvalue weighted by Crippen LogP contribution is 2.27. The monoisotopic (exact) mass is 346 g/mol. The number of hydrogen-bond acceptors (Lipinski definition) is 0. The normalized spacial score (nSPS) is 23.2. The van der Waals surface area contributed by atoms with Gasteiger partial charge >= 0.3 is 0 Å². The van der Waals surface area contributed by atoms with E-state index in [1.807, 2.05) is 13.8 Å². The van der Waals surface area contributed by atoms with E-state index in [1.54, 1.807) is 0 Å². The van der Waals surface area contributed by atoms with Crippen molar-refractivity contribution < 1.29 is 0 Å². The lowest BCUT2D eigenvalue weighted by molar-refractivity contribution is 0.610. The second-order valence-electron chi connectivity index (χ2n) is 3.89. The summed E-state index contributed by atoms with van der Waals surface area (Å²) in [6, 6.07) is 0. The second-order valence-corrected chi connectivity index (χ2v) is 7.51. The van der Waals surface area contributed by atoms with Crippen molar-refractivity contribution in [2.45, 2.75) is 59.0 Å². The zero-order valence-electron chi connectivity index (χ0n) is 9.15. The molecule has 0 bridgehead atoms. The highest BCUT2D eigenvalue weighted by molar-refractivity contribution is 6.33. The Bertz CT molecular complexity index is 164. The first-order chi connectivity index (χ1) is 7.25. The van der Waals surface area contributed by atoms with Gasteiger partial charge in [-0.2, -0.15) is 0 Å². The lowest BCUT2D eigenvalue weighted by Gasteiger charge is -2.22. The van der Waals surface area contributed by atoms with Gasteiger partial charge in [0.2, 0.25) is 0 Å². The average molecular weight is 349 g/mol. The fourth-order valence-electron chi connectivity index (χ4n) is 1.10. The van der Waals surface area contributed by atoms with E-state index in [-0.39, 0.29) is 32.3 Å². The number of halogens is 6. The van der Waals surface area contributed by atoms with Crippen LogP contribution >= 0.6 is 69.6 Å². The minimum atomic E-state index is -0.248. The van der Waals surface area contributed by atoms with E-state index in [2.05, 4.69) is 0 Å². The van der Waals surface area contributed by atoms with Gasteiger partial charge in [0.05, 0.1) is 21.5 Å². The molecule has 6 heteroatoms. The maximum absolute atomic E-state index is 6.14. The van der Waals surface area contributed by atoms with Crippen molar-refractivity contribution in [1.82, 2.24) is 0 Å². The molecule has 0 aromatic carbocycles. The molecule has 16 heavy (non-hydrogen) atoms. The highest BCUT2D eigenvalue weighted by Gasteiger charge is 2.26. The Morgan fingerprint density at radius 1 is 0.562 bits per heavy atom. The molecule has 0 spiro atoms. The SMILES string of the molecule is CC(Cl)C(Cl)CC(Cl)C(Cl)CC(Cl)C(C)Cl. The van der Waals surface area contributed by atoms with Gasteiger partial charge < -0.3 is 0 Å². The molecular weight excluding hydrogens is 333 g/mol. The number of hydrogen-bond donors (Lipinski definition) is 0. The Balaban J connectivity index is 4.03. The predicted octanol–water partition coefficient (Wildman–Crippen LogP) is 5.45. The molecule has 0 saturated heterocycles. The summed E-state index contributed by atoms with van der Waals surface area (Å²) in [5.41, 5.74) is 0. The average Bonchev–Trinajstić information content (AvgIpc) is 2.16. The van der Waals surface area contributed by atoms with Crippen LogP contribution in [0, 0.1) is 0 Å². The van der Waals surface area contributed by atoms with Crippen molar-refractivity contribution >= 4 is 69.6 Å². The third-order valence-electron chi connectivity index (χ3n) is 2.29. The van der Waals surface area contributed by atoms with Gasteiger partial charge in [-0.3, -0.25) is 0 Å². The third-order valence-corrected chi connectivity index (χ3v) is 5.36. The topological polar surface area (TPSA) is 0 Å². The van der Waals surface area contributed by atoms with Crippen molar-refractivity contribution in [2.75, 3.05) is 0 Å². The molecule has 0 aliphatic rings. The summed E-state index contributed by atoms with van der Waals surface area (Å²) in [5.74, 6) is 0. The van der Waals surface area contributed by atoms with E-state index < -0.39 is 0 Å². The van der Waals surface area contributed by atoms with E-state index in [9.17, 15) is 0 Å². The van der Waals surface area contributed by atoms with Crippen LogP contribution in [0.3, 0.4) is 0 Å². The fourth-order valence-corrected chi connectivity index (χ4v) is 2.46. The van der Waals surface area contributed by atoms with Crippen molar-refractivity contribution in [3.63, 3.8) is 0 Å². The molecule has 0 amide bonds. The van der Waals surface area contributed by atoms with E-state index >= 15 is 0 Å². The van der Waals surface area contributed by atoms with Crippen LogP contribution in [-0.4, -0.2) is 32.3 Å². The van der Waals surface area contributed by atoms with Gasteiger partial charge in [-0.1, -0.05) is 0 Å². The first-order valence-electron chi connectivity index (χ1n) is 5.10. The Kier molecular flexibility index (Phi) is 9.73. The van der Waals surface area contributed by atoms with Gasteiger partial charge in [-0.05, 0) is 26.7 Å². The summed E-state index contributed by atoms with van der Waals surface area (Å²) in [6.07, 6.45) is 1.12. The first kappa shape index (κ1) is 17.7. The maximum Gasteiger partial charge on any atom is 0.0514 e. The lowest BCUT2D eigenvalue weighted by Crippen LogP contribution is -2.27.